The van der Waals surface area contributed by atoms with Crippen molar-refractivity contribution in [1.29, 1.82) is 0 Å². The SMILES string of the molecule is CC(O)CCCCO.CCC(=O)O. The molecule has 0 aromatic carbocycles. The quantitative estimate of drug-likeness (QED) is 0.568. The van der Waals surface area contributed by atoms with Crippen LogP contribution in [-0.4, -0.2) is 34.0 Å². The topological polar surface area (TPSA) is 77.8 Å². The van der Waals surface area contributed by atoms with Crippen molar-refractivity contribution in [2.24, 2.45) is 0 Å². The zero-order valence-electron chi connectivity index (χ0n) is 8.36. The Morgan fingerprint density at radius 3 is 2.08 bits per heavy atom. The van der Waals surface area contributed by atoms with Crippen LogP contribution in [0, 0.1) is 0 Å². The van der Waals surface area contributed by atoms with Crippen molar-refractivity contribution in [2.45, 2.75) is 45.6 Å². The van der Waals surface area contributed by atoms with Gasteiger partial charge in [0.2, 0.25) is 0 Å². The van der Waals surface area contributed by atoms with E-state index in [4.69, 9.17) is 15.3 Å². The monoisotopic (exact) mass is 192 g/mol. The van der Waals surface area contributed by atoms with Gasteiger partial charge < -0.3 is 15.3 Å². The number of aliphatic carboxylic acids is 1. The maximum absolute atomic E-state index is 9.37. The van der Waals surface area contributed by atoms with Crippen LogP contribution in [0.3, 0.4) is 0 Å². The highest BCUT2D eigenvalue weighted by atomic mass is 16.4. The third-order valence-corrected chi connectivity index (χ3v) is 1.33. The zero-order chi connectivity index (χ0) is 10.7. The number of rotatable bonds is 5. The number of carboxylic acids is 1. The molecule has 0 aliphatic heterocycles. The summed E-state index contributed by atoms with van der Waals surface area (Å²) in [7, 11) is 0. The van der Waals surface area contributed by atoms with Crippen LogP contribution < -0.4 is 0 Å². The molecule has 3 N–H and O–H groups in total. The summed E-state index contributed by atoms with van der Waals surface area (Å²) in [4.78, 5) is 9.37. The number of hydrogen-bond acceptors (Lipinski definition) is 3. The van der Waals surface area contributed by atoms with Crippen LogP contribution in [0.2, 0.25) is 0 Å². The fourth-order valence-electron chi connectivity index (χ4n) is 0.552. The summed E-state index contributed by atoms with van der Waals surface area (Å²) in [5, 5.41) is 24.7. The van der Waals surface area contributed by atoms with E-state index < -0.39 is 5.97 Å². The lowest BCUT2D eigenvalue weighted by Gasteiger charge is -1.99. The molecule has 0 saturated carbocycles. The molecule has 0 rings (SSSR count). The highest BCUT2D eigenvalue weighted by Gasteiger charge is 1.92. The van der Waals surface area contributed by atoms with Gasteiger partial charge in [0, 0.05) is 13.0 Å². The maximum Gasteiger partial charge on any atom is 0.303 e. The highest BCUT2D eigenvalue weighted by Crippen LogP contribution is 1.97. The summed E-state index contributed by atoms with van der Waals surface area (Å²) < 4.78 is 0. The molecule has 0 aromatic heterocycles. The molecule has 1 unspecified atom stereocenters. The van der Waals surface area contributed by atoms with Crippen molar-refractivity contribution >= 4 is 5.97 Å². The molecule has 0 amide bonds. The summed E-state index contributed by atoms with van der Waals surface area (Å²) in [6, 6.07) is 0. The van der Waals surface area contributed by atoms with E-state index in [1.807, 2.05) is 0 Å². The summed E-state index contributed by atoms with van der Waals surface area (Å²) in [6.07, 6.45) is 2.56. The molecule has 0 radical (unpaired) electrons. The summed E-state index contributed by atoms with van der Waals surface area (Å²) in [6.45, 7) is 3.60. The van der Waals surface area contributed by atoms with Crippen molar-refractivity contribution in [3.05, 3.63) is 0 Å². The van der Waals surface area contributed by atoms with E-state index in [-0.39, 0.29) is 19.1 Å². The molecule has 0 saturated heterocycles. The minimum atomic E-state index is -0.745. The van der Waals surface area contributed by atoms with E-state index in [9.17, 15) is 4.79 Å². The van der Waals surface area contributed by atoms with Gasteiger partial charge in [0.05, 0.1) is 6.10 Å². The molecule has 80 valence electrons. The van der Waals surface area contributed by atoms with Crippen LogP contribution in [0.5, 0.6) is 0 Å². The highest BCUT2D eigenvalue weighted by molar-refractivity contribution is 5.66. The average Bonchev–Trinajstić information content (AvgIpc) is 2.05. The number of carbonyl (C=O) groups is 1. The third kappa shape index (κ3) is 24.6. The van der Waals surface area contributed by atoms with Gasteiger partial charge in [-0.25, -0.2) is 0 Å². The van der Waals surface area contributed by atoms with Crippen molar-refractivity contribution in [3.8, 4) is 0 Å². The van der Waals surface area contributed by atoms with Crippen molar-refractivity contribution in [1.82, 2.24) is 0 Å². The lowest BCUT2D eigenvalue weighted by atomic mass is 10.2. The molecular weight excluding hydrogens is 172 g/mol. The van der Waals surface area contributed by atoms with Crippen LogP contribution in [0.1, 0.15) is 39.5 Å². The maximum atomic E-state index is 9.37. The molecule has 0 aromatic rings. The van der Waals surface area contributed by atoms with Gasteiger partial charge in [0.25, 0.3) is 0 Å². The first-order valence-electron chi connectivity index (χ1n) is 4.55. The normalized spacial score (nSPS) is 11.4. The van der Waals surface area contributed by atoms with E-state index in [0.717, 1.165) is 19.3 Å². The van der Waals surface area contributed by atoms with Crippen LogP contribution in [0.4, 0.5) is 0 Å². The van der Waals surface area contributed by atoms with Crippen LogP contribution >= 0.6 is 0 Å². The minimum Gasteiger partial charge on any atom is -0.481 e. The molecule has 4 nitrogen and oxygen atoms in total. The fourth-order valence-corrected chi connectivity index (χ4v) is 0.552. The summed E-state index contributed by atoms with van der Waals surface area (Å²) >= 11 is 0. The zero-order valence-corrected chi connectivity index (χ0v) is 8.36. The lowest BCUT2D eigenvalue weighted by molar-refractivity contribution is -0.136. The molecule has 0 fully saturated rings. The second-order valence-electron chi connectivity index (χ2n) is 2.82. The summed E-state index contributed by atoms with van der Waals surface area (Å²) in [5.74, 6) is -0.745. The Morgan fingerprint density at radius 1 is 1.38 bits per heavy atom. The predicted molar refractivity (Wildman–Crippen MR) is 50.5 cm³/mol. The molecule has 0 aliphatic rings. The van der Waals surface area contributed by atoms with E-state index in [1.54, 1.807) is 13.8 Å². The molecule has 0 heterocycles. The van der Waals surface area contributed by atoms with Crippen molar-refractivity contribution in [3.63, 3.8) is 0 Å². The number of unbranched alkanes of at least 4 members (excludes halogenated alkanes) is 1. The first kappa shape index (κ1) is 14.9. The van der Waals surface area contributed by atoms with Crippen LogP contribution in [0.25, 0.3) is 0 Å². The molecule has 0 bridgehead atoms. The van der Waals surface area contributed by atoms with Gasteiger partial charge >= 0.3 is 5.97 Å². The molecule has 0 spiro atoms. The van der Waals surface area contributed by atoms with Crippen LogP contribution in [0.15, 0.2) is 0 Å². The van der Waals surface area contributed by atoms with Gasteiger partial charge in [-0.15, -0.1) is 0 Å². The first-order chi connectivity index (χ1) is 6.04. The van der Waals surface area contributed by atoms with Gasteiger partial charge in [-0.1, -0.05) is 6.92 Å². The minimum absolute atomic E-state index is 0.207. The second kappa shape index (κ2) is 11.4. The van der Waals surface area contributed by atoms with Crippen molar-refractivity contribution in [2.75, 3.05) is 6.61 Å². The number of carboxylic acid groups (broad SMARTS) is 1. The van der Waals surface area contributed by atoms with E-state index in [2.05, 4.69) is 0 Å². The van der Waals surface area contributed by atoms with Gasteiger partial charge in [-0.3, -0.25) is 4.79 Å². The van der Waals surface area contributed by atoms with Gasteiger partial charge in [0.15, 0.2) is 0 Å². The van der Waals surface area contributed by atoms with Gasteiger partial charge in [-0.05, 0) is 26.2 Å². The lowest BCUT2D eigenvalue weighted by Crippen LogP contribution is -1.98. The largest absolute Gasteiger partial charge is 0.481 e. The number of hydrogen-bond donors (Lipinski definition) is 3. The predicted octanol–water partition coefficient (Wildman–Crippen LogP) is 1.01. The van der Waals surface area contributed by atoms with Crippen molar-refractivity contribution < 1.29 is 20.1 Å². The van der Waals surface area contributed by atoms with E-state index in [0.29, 0.717) is 0 Å². The Kier molecular flexibility index (Phi) is 13.0. The molecule has 1 atom stereocenters. The standard InChI is InChI=1S/C6H14O2.C3H6O2/c1-6(8)4-2-3-5-7;1-2-3(4)5/h6-8H,2-5H2,1H3;2H2,1H3,(H,4,5). The smallest absolute Gasteiger partial charge is 0.303 e. The molecular formula is C9H20O4. The van der Waals surface area contributed by atoms with Gasteiger partial charge in [-0.2, -0.15) is 0 Å². The Hall–Kier alpha value is -0.610. The first-order valence-corrected chi connectivity index (χ1v) is 4.55. The number of aliphatic hydroxyl groups is 2. The Labute approximate surface area is 79.2 Å². The van der Waals surface area contributed by atoms with Gasteiger partial charge in [0.1, 0.15) is 0 Å². The summed E-state index contributed by atoms with van der Waals surface area (Å²) in [5.41, 5.74) is 0. The molecule has 4 heteroatoms. The molecule has 13 heavy (non-hydrogen) atoms. The van der Waals surface area contributed by atoms with E-state index >= 15 is 0 Å². The second-order valence-corrected chi connectivity index (χ2v) is 2.82. The Bertz CT molecular complexity index is 112. The van der Waals surface area contributed by atoms with E-state index in [1.165, 1.54) is 0 Å². The fraction of sp³-hybridized carbons (Fsp3) is 0.889. The molecule has 0 aliphatic carbocycles. The average molecular weight is 192 g/mol. The third-order valence-electron chi connectivity index (χ3n) is 1.33. The Morgan fingerprint density at radius 2 is 1.85 bits per heavy atom. The Balaban J connectivity index is 0. The van der Waals surface area contributed by atoms with Crippen LogP contribution in [-0.2, 0) is 4.79 Å². The number of aliphatic hydroxyl groups excluding tert-OH is 2.